The maximum atomic E-state index is 12.7. The zero-order valence-electron chi connectivity index (χ0n) is 17.7. The molecule has 0 amide bonds. The van der Waals surface area contributed by atoms with Crippen LogP contribution in [0.25, 0.3) is 0 Å². The average molecular weight is 514 g/mol. The van der Waals surface area contributed by atoms with Crippen molar-refractivity contribution in [3.8, 4) is 11.5 Å². The number of ether oxygens (including phenoxy) is 3. The number of aromatic nitrogens is 2. The topological polar surface area (TPSA) is 149 Å². The molecule has 12 heteroatoms. The highest BCUT2D eigenvalue weighted by atomic mass is 79.9. The van der Waals surface area contributed by atoms with Crippen molar-refractivity contribution in [3.05, 3.63) is 39.4 Å². The lowest BCUT2D eigenvalue weighted by molar-refractivity contribution is -0.160. The normalized spacial score (nSPS) is 11.8. The number of phenols is 2. The van der Waals surface area contributed by atoms with E-state index in [9.17, 15) is 24.6 Å². The van der Waals surface area contributed by atoms with Crippen molar-refractivity contribution < 1.29 is 34.0 Å². The van der Waals surface area contributed by atoms with Gasteiger partial charge in [-0.3, -0.25) is 14.2 Å². The molecule has 0 fully saturated rings. The van der Waals surface area contributed by atoms with Gasteiger partial charge in [-0.15, -0.1) is 0 Å². The molecule has 3 N–H and O–H groups in total. The summed E-state index contributed by atoms with van der Waals surface area (Å²) in [7, 11) is 0. The van der Waals surface area contributed by atoms with E-state index in [1.54, 1.807) is 6.92 Å². The van der Waals surface area contributed by atoms with Crippen LogP contribution in [0.3, 0.4) is 0 Å². The summed E-state index contributed by atoms with van der Waals surface area (Å²) in [6, 6.07) is 4.19. The number of para-hydroxylation sites is 1. The number of carbonyl (C=O) groups excluding carboxylic acids is 2. The molecule has 174 valence electrons. The van der Waals surface area contributed by atoms with Gasteiger partial charge in [0.2, 0.25) is 0 Å². The standard InChI is InChI=1S/C20H24BrN3O8/c1-4-17(32-13(9-30-11(2)25)10-31-12(3)26)24-8-14(21)19(23-20(24)29)22-18-15(27)6-5-7-16(18)28/h5-8,13,17,27-28H,4,9-10H2,1-3H3,(H,22,23,29)/t17-/m1/s1. The number of anilines is 2. The van der Waals surface area contributed by atoms with Gasteiger partial charge in [0.25, 0.3) is 0 Å². The van der Waals surface area contributed by atoms with Gasteiger partial charge in [0.15, 0.2) is 5.82 Å². The number of benzene rings is 1. The third-order valence-electron chi connectivity index (χ3n) is 4.12. The summed E-state index contributed by atoms with van der Waals surface area (Å²) in [5.41, 5.74) is -0.694. The summed E-state index contributed by atoms with van der Waals surface area (Å²) in [6.07, 6.45) is 0.152. The summed E-state index contributed by atoms with van der Waals surface area (Å²) >= 11 is 3.31. The van der Waals surface area contributed by atoms with Crippen molar-refractivity contribution in [1.29, 1.82) is 0 Å². The number of esters is 2. The number of nitrogens with one attached hydrogen (secondary N) is 1. The highest BCUT2D eigenvalue weighted by Crippen LogP contribution is 2.36. The molecule has 32 heavy (non-hydrogen) atoms. The van der Waals surface area contributed by atoms with Gasteiger partial charge in [0.05, 0.1) is 4.47 Å². The first kappa shape index (κ1) is 25.1. The van der Waals surface area contributed by atoms with E-state index in [1.807, 2.05) is 0 Å². The first-order valence-electron chi connectivity index (χ1n) is 9.61. The monoisotopic (exact) mass is 513 g/mol. The Morgan fingerprint density at radius 3 is 2.22 bits per heavy atom. The summed E-state index contributed by atoms with van der Waals surface area (Å²) in [6.45, 7) is 3.90. The molecule has 0 bridgehead atoms. The smallest absolute Gasteiger partial charge is 0.351 e. The zero-order valence-corrected chi connectivity index (χ0v) is 19.3. The van der Waals surface area contributed by atoms with E-state index in [0.29, 0.717) is 10.9 Å². The predicted molar refractivity (Wildman–Crippen MR) is 117 cm³/mol. The van der Waals surface area contributed by atoms with Gasteiger partial charge in [-0.2, -0.15) is 4.98 Å². The van der Waals surface area contributed by atoms with Crippen LogP contribution in [-0.4, -0.2) is 51.0 Å². The van der Waals surface area contributed by atoms with E-state index >= 15 is 0 Å². The Kier molecular flexibility index (Phi) is 9.02. The second-order valence-corrected chi connectivity index (χ2v) is 7.50. The molecular weight excluding hydrogens is 490 g/mol. The molecule has 0 saturated heterocycles. The van der Waals surface area contributed by atoms with Gasteiger partial charge in [-0.1, -0.05) is 13.0 Å². The average Bonchev–Trinajstić information content (AvgIpc) is 2.72. The van der Waals surface area contributed by atoms with Gasteiger partial charge in [-0.05, 0) is 34.5 Å². The first-order chi connectivity index (χ1) is 15.1. The minimum Gasteiger partial charge on any atom is -0.506 e. The number of hydrogen-bond donors (Lipinski definition) is 3. The molecule has 2 rings (SSSR count). The molecule has 0 spiro atoms. The molecule has 1 aromatic carbocycles. The van der Waals surface area contributed by atoms with Crippen molar-refractivity contribution >= 4 is 39.4 Å². The molecule has 1 aromatic heterocycles. The van der Waals surface area contributed by atoms with Crippen LogP contribution >= 0.6 is 15.9 Å². The minimum atomic E-state index is -0.811. The van der Waals surface area contributed by atoms with Crippen molar-refractivity contribution in [2.24, 2.45) is 0 Å². The molecule has 1 atom stereocenters. The Labute approximate surface area is 192 Å². The minimum absolute atomic E-state index is 0.0102. The van der Waals surface area contributed by atoms with E-state index in [4.69, 9.17) is 14.2 Å². The quantitative estimate of drug-likeness (QED) is 0.319. The Balaban J connectivity index is 2.27. The molecule has 0 unspecified atom stereocenters. The third-order valence-corrected chi connectivity index (χ3v) is 4.71. The van der Waals surface area contributed by atoms with Gasteiger partial charge in [0, 0.05) is 20.0 Å². The van der Waals surface area contributed by atoms with E-state index in [-0.39, 0.29) is 36.2 Å². The maximum absolute atomic E-state index is 12.7. The van der Waals surface area contributed by atoms with Crippen LogP contribution < -0.4 is 11.0 Å². The van der Waals surface area contributed by atoms with Crippen LogP contribution in [0.15, 0.2) is 33.7 Å². The Hall–Kier alpha value is -3.12. The van der Waals surface area contributed by atoms with Gasteiger partial charge in [-0.25, -0.2) is 4.79 Å². The summed E-state index contributed by atoms with van der Waals surface area (Å²) in [4.78, 5) is 38.9. The van der Waals surface area contributed by atoms with Crippen LogP contribution in [0.1, 0.15) is 33.4 Å². The predicted octanol–water partition coefficient (Wildman–Crippen LogP) is 2.58. The summed E-state index contributed by atoms with van der Waals surface area (Å²) < 4.78 is 17.3. The maximum Gasteiger partial charge on any atom is 0.351 e. The molecule has 1 heterocycles. The second kappa shape index (κ2) is 11.5. The molecular formula is C20H24BrN3O8. The van der Waals surface area contributed by atoms with Crippen molar-refractivity contribution in [3.63, 3.8) is 0 Å². The molecule has 0 saturated carbocycles. The molecule has 0 aliphatic heterocycles. The van der Waals surface area contributed by atoms with Gasteiger partial charge in [0.1, 0.15) is 42.7 Å². The lowest BCUT2D eigenvalue weighted by atomic mass is 10.2. The van der Waals surface area contributed by atoms with Crippen LogP contribution in [0.5, 0.6) is 11.5 Å². The van der Waals surface area contributed by atoms with E-state index in [1.165, 1.54) is 42.8 Å². The van der Waals surface area contributed by atoms with Gasteiger partial charge >= 0.3 is 17.6 Å². The number of halogens is 1. The SMILES string of the molecule is CC[C@@H](OC(COC(C)=O)COC(C)=O)n1cc(Br)c(Nc2c(O)cccc2O)nc1=O. The lowest BCUT2D eigenvalue weighted by Gasteiger charge is -2.25. The largest absolute Gasteiger partial charge is 0.506 e. The second-order valence-electron chi connectivity index (χ2n) is 6.65. The lowest BCUT2D eigenvalue weighted by Crippen LogP contribution is -2.35. The van der Waals surface area contributed by atoms with Crippen LogP contribution in [0.4, 0.5) is 11.5 Å². The molecule has 0 radical (unpaired) electrons. The van der Waals surface area contributed by atoms with Crippen molar-refractivity contribution in [2.75, 3.05) is 18.5 Å². The van der Waals surface area contributed by atoms with Crippen LogP contribution in [-0.2, 0) is 23.8 Å². The van der Waals surface area contributed by atoms with Gasteiger partial charge < -0.3 is 29.7 Å². The zero-order chi connectivity index (χ0) is 23.8. The fourth-order valence-corrected chi connectivity index (χ4v) is 3.05. The summed E-state index contributed by atoms with van der Waals surface area (Å²) in [5.74, 6) is -1.44. The van der Waals surface area contributed by atoms with E-state index in [0.717, 1.165) is 0 Å². The van der Waals surface area contributed by atoms with E-state index in [2.05, 4.69) is 26.2 Å². The van der Waals surface area contributed by atoms with E-state index < -0.39 is 30.0 Å². The molecule has 2 aromatic rings. The number of phenolic OH excluding ortho intramolecular Hbond substituents is 2. The summed E-state index contributed by atoms with van der Waals surface area (Å²) in [5, 5.41) is 22.6. The molecule has 0 aliphatic rings. The first-order valence-corrected chi connectivity index (χ1v) is 10.4. The number of nitrogens with zero attached hydrogens (tertiary/aromatic N) is 2. The van der Waals surface area contributed by atoms with Crippen molar-refractivity contribution in [2.45, 2.75) is 39.5 Å². The Morgan fingerprint density at radius 2 is 1.72 bits per heavy atom. The van der Waals surface area contributed by atoms with Crippen LogP contribution in [0.2, 0.25) is 0 Å². The third kappa shape index (κ3) is 6.95. The highest BCUT2D eigenvalue weighted by molar-refractivity contribution is 9.10. The molecule has 0 aliphatic carbocycles. The Morgan fingerprint density at radius 1 is 1.16 bits per heavy atom. The van der Waals surface area contributed by atoms with Crippen molar-refractivity contribution in [1.82, 2.24) is 9.55 Å². The highest BCUT2D eigenvalue weighted by Gasteiger charge is 2.22. The van der Waals surface area contributed by atoms with Crippen LogP contribution in [0, 0.1) is 0 Å². The Bertz CT molecular complexity index is 988. The number of carbonyl (C=O) groups is 2. The number of aromatic hydroxyl groups is 2. The molecule has 11 nitrogen and oxygen atoms in total. The number of rotatable bonds is 10. The fourth-order valence-electron chi connectivity index (χ4n) is 2.64. The fraction of sp³-hybridized carbons (Fsp3) is 0.400. The number of hydrogen-bond acceptors (Lipinski definition) is 10.